The number of benzene rings is 1. The van der Waals surface area contributed by atoms with Crippen molar-refractivity contribution in [1.29, 1.82) is 0 Å². The fraction of sp³-hybridized carbons (Fsp3) is 0.600. The lowest BCUT2D eigenvalue weighted by atomic mass is 9.94. The Bertz CT molecular complexity index is 341. The van der Waals surface area contributed by atoms with Crippen LogP contribution < -0.4 is 5.32 Å². The van der Waals surface area contributed by atoms with Crippen molar-refractivity contribution in [1.82, 2.24) is 5.32 Å². The molecule has 0 heterocycles. The minimum atomic E-state index is 0.551. The lowest BCUT2D eigenvalue weighted by Gasteiger charge is -2.21. The normalized spacial score (nSPS) is 12.9. The topological polar surface area (TPSA) is 12.0 Å². The Kier molecular flexibility index (Phi) is 8.03. The van der Waals surface area contributed by atoms with Gasteiger partial charge in [0.05, 0.1) is 0 Å². The molecular formula is C15H24BrNS. The summed E-state index contributed by atoms with van der Waals surface area (Å²) in [6, 6.07) is 9.16. The van der Waals surface area contributed by atoms with Crippen molar-refractivity contribution < 1.29 is 0 Å². The quantitative estimate of drug-likeness (QED) is 0.695. The Morgan fingerprint density at radius 1 is 1.28 bits per heavy atom. The molecule has 1 aromatic rings. The first-order valence-corrected chi connectivity index (χ1v) is 8.80. The molecule has 1 atom stereocenters. The molecule has 1 aromatic carbocycles. The maximum atomic E-state index is 3.68. The minimum Gasteiger partial charge on any atom is -0.314 e. The van der Waals surface area contributed by atoms with E-state index in [9.17, 15) is 0 Å². The second-order valence-corrected chi connectivity index (χ2v) is 6.76. The standard InChI is InChI=1S/C15H24BrNS/c1-12(2)17-11-13(7-6-10-18-3)14-8-4-5-9-15(14)16/h4-5,8-9,12-13,17H,6-7,10-11H2,1-3H3. The van der Waals surface area contributed by atoms with Gasteiger partial charge in [0.2, 0.25) is 0 Å². The summed E-state index contributed by atoms with van der Waals surface area (Å²) >= 11 is 5.62. The molecule has 0 radical (unpaired) electrons. The maximum absolute atomic E-state index is 3.68. The van der Waals surface area contributed by atoms with Crippen LogP contribution in [-0.2, 0) is 0 Å². The van der Waals surface area contributed by atoms with Crippen LogP contribution in [0.5, 0.6) is 0 Å². The molecule has 0 saturated heterocycles. The van der Waals surface area contributed by atoms with E-state index >= 15 is 0 Å². The summed E-state index contributed by atoms with van der Waals surface area (Å²) in [6.07, 6.45) is 4.72. The molecule has 0 amide bonds. The van der Waals surface area contributed by atoms with Gasteiger partial charge >= 0.3 is 0 Å². The van der Waals surface area contributed by atoms with Gasteiger partial charge in [0.25, 0.3) is 0 Å². The highest BCUT2D eigenvalue weighted by atomic mass is 79.9. The van der Waals surface area contributed by atoms with Crippen LogP contribution in [0.25, 0.3) is 0 Å². The van der Waals surface area contributed by atoms with Crippen LogP contribution in [0, 0.1) is 0 Å². The molecule has 0 aromatic heterocycles. The van der Waals surface area contributed by atoms with E-state index in [-0.39, 0.29) is 0 Å². The average molecular weight is 330 g/mol. The fourth-order valence-corrected chi connectivity index (χ4v) is 3.09. The van der Waals surface area contributed by atoms with Gasteiger partial charge in [0.15, 0.2) is 0 Å². The molecular weight excluding hydrogens is 306 g/mol. The second kappa shape index (κ2) is 9.00. The van der Waals surface area contributed by atoms with E-state index in [1.54, 1.807) is 0 Å². The van der Waals surface area contributed by atoms with Gasteiger partial charge in [-0.15, -0.1) is 0 Å². The van der Waals surface area contributed by atoms with Gasteiger partial charge in [-0.2, -0.15) is 11.8 Å². The Labute approximate surface area is 124 Å². The summed E-state index contributed by atoms with van der Waals surface area (Å²) in [5.41, 5.74) is 1.44. The van der Waals surface area contributed by atoms with Gasteiger partial charge in [-0.3, -0.25) is 0 Å². The number of hydrogen-bond donors (Lipinski definition) is 1. The summed E-state index contributed by atoms with van der Waals surface area (Å²) in [6.45, 7) is 5.48. The zero-order valence-corrected chi connectivity index (χ0v) is 14.0. The summed E-state index contributed by atoms with van der Waals surface area (Å²) in [5.74, 6) is 1.86. The van der Waals surface area contributed by atoms with Gasteiger partial charge in [0.1, 0.15) is 0 Å². The monoisotopic (exact) mass is 329 g/mol. The van der Waals surface area contributed by atoms with Crippen molar-refractivity contribution in [3.63, 3.8) is 0 Å². The van der Waals surface area contributed by atoms with Gasteiger partial charge < -0.3 is 5.32 Å². The molecule has 0 saturated carbocycles. The number of nitrogens with one attached hydrogen (secondary N) is 1. The first-order valence-electron chi connectivity index (χ1n) is 6.62. The number of rotatable bonds is 8. The van der Waals surface area contributed by atoms with Crippen LogP contribution in [0.1, 0.15) is 38.2 Å². The number of hydrogen-bond acceptors (Lipinski definition) is 2. The van der Waals surface area contributed by atoms with E-state index in [0.717, 1.165) is 6.54 Å². The molecule has 1 nitrogen and oxygen atoms in total. The van der Waals surface area contributed by atoms with Gasteiger partial charge in [-0.1, -0.05) is 48.0 Å². The lowest BCUT2D eigenvalue weighted by molar-refractivity contribution is 0.505. The highest BCUT2D eigenvalue weighted by Crippen LogP contribution is 2.28. The van der Waals surface area contributed by atoms with Crippen LogP contribution in [0.3, 0.4) is 0 Å². The Morgan fingerprint density at radius 3 is 2.61 bits per heavy atom. The highest BCUT2D eigenvalue weighted by molar-refractivity contribution is 9.10. The molecule has 0 aliphatic rings. The van der Waals surface area contributed by atoms with Crippen molar-refractivity contribution in [3.8, 4) is 0 Å². The fourth-order valence-electron chi connectivity index (χ4n) is 2.03. The van der Waals surface area contributed by atoms with Crippen molar-refractivity contribution >= 4 is 27.7 Å². The molecule has 18 heavy (non-hydrogen) atoms. The second-order valence-electron chi connectivity index (χ2n) is 4.92. The molecule has 1 rings (SSSR count). The molecule has 0 fully saturated rings. The van der Waals surface area contributed by atoms with Crippen molar-refractivity contribution in [2.75, 3.05) is 18.6 Å². The molecule has 1 unspecified atom stereocenters. The number of halogens is 1. The zero-order chi connectivity index (χ0) is 13.4. The van der Waals surface area contributed by atoms with Gasteiger partial charge in [-0.05, 0) is 42.4 Å². The molecule has 0 spiro atoms. The first kappa shape index (κ1) is 16.1. The van der Waals surface area contributed by atoms with Gasteiger partial charge in [-0.25, -0.2) is 0 Å². The average Bonchev–Trinajstić information content (AvgIpc) is 2.34. The third-order valence-electron chi connectivity index (χ3n) is 3.02. The minimum absolute atomic E-state index is 0.551. The molecule has 3 heteroatoms. The number of thioether (sulfide) groups is 1. The van der Waals surface area contributed by atoms with Crippen LogP contribution in [0.2, 0.25) is 0 Å². The summed E-state index contributed by atoms with van der Waals surface area (Å²) < 4.78 is 1.24. The van der Waals surface area contributed by atoms with Crippen LogP contribution in [-0.4, -0.2) is 24.6 Å². The van der Waals surface area contributed by atoms with E-state index in [1.165, 1.54) is 28.6 Å². The molecule has 0 aliphatic carbocycles. The Morgan fingerprint density at radius 2 is 2.00 bits per heavy atom. The maximum Gasteiger partial charge on any atom is 0.0210 e. The van der Waals surface area contributed by atoms with Crippen LogP contribution >= 0.6 is 27.7 Å². The first-order chi connectivity index (χ1) is 8.65. The van der Waals surface area contributed by atoms with Crippen molar-refractivity contribution in [3.05, 3.63) is 34.3 Å². The molecule has 0 aliphatic heterocycles. The lowest BCUT2D eigenvalue weighted by Crippen LogP contribution is -2.28. The third-order valence-corrected chi connectivity index (χ3v) is 4.44. The van der Waals surface area contributed by atoms with Crippen LogP contribution in [0.4, 0.5) is 0 Å². The third kappa shape index (κ3) is 5.77. The van der Waals surface area contributed by atoms with Crippen molar-refractivity contribution in [2.45, 2.75) is 38.6 Å². The van der Waals surface area contributed by atoms with Gasteiger partial charge in [0, 0.05) is 17.1 Å². The van der Waals surface area contributed by atoms with E-state index in [1.807, 2.05) is 11.8 Å². The Balaban J connectivity index is 2.66. The van der Waals surface area contributed by atoms with E-state index in [4.69, 9.17) is 0 Å². The van der Waals surface area contributed by atoms with E-state index < -0.39 is 0 Å². The van der Waals surface area contributed by atoms with E-state index in [0.29, 0.717) is 12.0 Å². The van der Waals surface area contributed by atoms with Crippen molar-refractivity contribution in [2.24, 2.45) is 0 Å². The largest absolute Gasteiger partial charge is 0.314 e. The predicted molar refractivity (Wildman–Crippen MR) is 87.6 cm³/mol. The predicted octanol–water partition coefficient (Wildman–Crippen LogP) is 4.67. The Hall–Kier alpha value is 0.01000. The smallest absolute Gasteiger partial charge is 0.0210 e. The van der Waals surface area contributed by atoms with Crippen LogP contribution in [0.15, 0.2) is 28.7 Å². The zero-order valence-electron chi connectivity index (χ0n) is 11.6. The SMILES string of the molecule is CSCCCC(CNC(C)C)c1ccccc1Br. The summed E-state index contributed by atoms with van der Waals surface area (Å²) in [5, 5.41) is 3.57. The molecule has 0 bridgehead atoms. The molecule has 102 valence electrons. The van der Waals surface area contributed by atoms with E-state index in [2.05, 4.69) is 65.6 Å². The molecule has 1 N–H and O–H groups in total. The highest BCUT2D eigenvalue weighted by Gasteiger charge is 2.14. The summed E-state index contributed by atoms with van der Waals surface area (Å²) in [7, 11) is 0. The summed E-state index contributed by atoms with van der Waals surface area (Å²) in [4.78, 5) is 0.